The maximum Gasteiger partial charge on any atom is 0.297 e. The number of aliphatic imine (C=N–C) groups is 1. The highest BCUT2D eigenvalue weighted by Gasteiger charge is 2.41. The summed E-state index contributed by atoms with van der Waals surface area (Å²) in [6.45, 7) is 7.30. The van der Waals surface area contributed by atoms with Gasteiger partial charge in [0.15, 0.2) is 16.6 Å². The van der Waals surface area contributed by atoms with Crippen LogP contribution in [0.2, 0.25) is 0 Å². The number of aromatic nitrogens is 2. The van der Waals surface area contributed by atoms with E-state index in [1.807, 2.05) is 51.1 Å². The Hall–Kier alpha value is -3.92. The highest BCUT2D eigenvalue weighted by molar-refractivity contribution is 8.15. The van der Waals surface area contributed by atoms with Crippen LogP contribution in [0.1, 0.15) is 56.1 Å². The van der Waals surface area contributed by atoms with Crippen molar-refractivity contribution >= 4 is 45.9 Å². The molecule has 1 fully saturated rings. The minimum absolute atomic E-state index is 0.0473. The van der Waals surface area contributed by atoms with Gasteiger partial charge in [0.05, 0.1) is 11.4 Å². The number of ketones is 1. The van der Waals surface area contributed by atoms with Crippen LogP contribution in [-0.2, 0) is 16.6 Å². The average molecular weight is 548 g/mol. The summed E-state index contributed by atoms with van der Waals surface area (Å²) in [6, 6.07) is 15.8. The van der Waals surface area contributed by atoms with Crippen LogP contribution in [0.4, 0.5) is 11.4 Å². The number of amidine groups is 1. The van der Waals surface area contributed by atoms with Crippen molar-refractivity contribution < 1.29 is 14.4 Å². The molecule has 0 aliphatic carbocycles. The van der Waals surface area contributed by atoms with Gasteiger partial charge in [0.1, 0.15) is 5.25 Å². The predicted molar refractivity (Wildman–Crippen MR) is 155 cm³/mol. The standard InChI is InChI=1S/C29H33N5O4S/c1-6-10-18(2)33-27(37)24(17-25(36)30-22-15-13-21(14-16-22)20(4)35)39-29(33)31-26-19(3)32(5)34(28(26)38)23-11-8-7-9-12-23/h7-9,11-16,18,24H,6,10,17H2,1-5H3,(H,30,36)/t18-,24+/m0/s1. The van der Waals surface area contributed by atoms with Crippen LogP contribution in [0.3, 0.4) is 0 Å². The molecule has 3 aromatic rings. The van der Waals surface area contributed by atoms with Gasteiger partial charge in [-0.15, -0.1) is 0 Å². The molecule has 0 spiro atoms. The minimum atomic E-state index is -0.667. The molecule has 2 atom stereocenters. The summed E-state index contributed by atoms with van der Waals surface area (Å²) in [7, 11) is 1.80. The molecule has 4 rings (SSSR count). The monoisotopic (exact) mass is 547 g/mol. The largest absolute Gasteiger partial charge is 0.326 e. The van der Waals surface area contributed by atoms with Gasteiger partial charge in [0.25, 0.3) is 5.56 Å². The zero-order chi connectivity index (χ0) is 28.3. The van der Waals surface area contributed by atoms with Gasteiger partial charge in [-0.1, -0.05) is 43.3 Å². The molecule has 0 radical (unpaired) electrons. The Labute approximate surface area is 231 Å². The second kappa shape index (κ2) is 11.9. The van der Waals surface area contributed by atoms with Crippen molar-refractivity contribution in [1.29, 1.82) is 0 Å². The van der Waals surface area contributed by atoms with Gasteiger partial charge in [-0.25, -0.2) is 9.67 Å². The maximum absolute atomic E-state index is 13.5. The Bertz CT molecular complexity index is 1470. The number of thioether (sulfide) groups is 1. The normalized spacial score (nSPS) is 17.1. The third-order valence-corrected chi connectivity index (χ3v) is 7.94. The number of hydrogen-bond acceptors (Lipinski definition) is 6. The summed E-state index contributed by atoms with van der Waals surface area (Å²) in [5.41, 5.74) is 2.48. The summed E-state index contributed by atoms with van der Waals surface area (Å²) in [6.07, 6.45) is 1.58. The van der Waals surface area contributed by atoms with Crippen LogP contribution < -0.4 is 10.9 Å². The Morgan fingerprint density at radius 2 is 1.74 bits per heavy atom. The molecule has 1 aliphatic heterocycles. The van der Waals surface area contributed by atoms with Gasteiger partial charge in [0.2, 0.25) is 11.8 Å². The van der Waals surface area contributed by atoms with Crippen LogP contribution in [-0.4, -0.2) is 48.3 Å². The molecule has 9 nitrogen and oxygen atoms in total. The lowest BCUT2D eigenvalue weighted by Crippen LogP contribution is -2.40. The summed E-state index contributed by atoms with van der Waals surface area (Å²) in [5.74, 6) is -0.569. The quantitative estimate of drug-likeness (QED) is 0.386. The first kappa shape index (κ1) is 28.1. The van der Waals surface area contributed by atoms with Gasteiger partial charge in [-0.05, 0) is 63.6 Å². The lowest BCUT2D eigenvalue weighted by Gasteiger charge is -2.24. The van der Waals surface area contributed by atoms with Gasteiger partial charge < -0.3 is 5.32 Å². The minimum Gasteiger partial charge on any atom is -0.326 e. The summed E-state index contributed by atoms with van der Waals surface area (Å²) in [4.78, 5) is 57.7. The summed E-state index contributed by atoms with van der Waals surface area (Å²) < 4.78 is 3.30. The Morgan fingerprint density at radius 3 is 2.36 bits per heavy atom. The van der Waals surface area contributed by atoms with E-state index < -0.39 is 5.25 Å². The fourth-order valence-corrected chi connectivity index (χ4v) is 5.82. The fraction of sp³-hybridized carbons (Fsp3) is 0.345. The van der Waals surface area contributed by atoms with Crippen LogP contribution in [0.15, 0.2) is 64.4 Å². The van der Waals surface area contributed by atoms with Crippen LogP contribution in [0, 0.1) is 6.92 Å². The van der Waals surface area contributed by atoms with Crippen molar-refractivity contribution in [2.45, 2.75) is 58.2 Å². The van der Waals surface area contributed by atoms with E-state index in [1.165, 1.54) is 18.7 Å². The predicted octanol–water partition coefficient (Wildman–Crippen LogP) is 4.84. The molecule has 0 bridgehead atoms. The second-order valence-electron chi connectivity index (χ2n) is 9.64. The Morgan fingerprint density at radius 1 is 1.08 bits per heavy atom. The number of nitrogens with zero attached hydrogens (tertiary/aromatic N) is 4. The molecule has 0 unspecified atom stereocenters. The molecule has 1 aliphatic rings. The number of nitrogens with one attached hydrogen (secondary N) is 1. The zero-order valence-electron chi connectivity index (χ0n) is 22.8. The maximum atomic E-state index is 13.5. The fourth-order valence-electron chi connectivity index (χ4n) is 4.59. The van der Waals surface area contributed by atoms with Gasteiger partial charge in [-0.2, -0.15) is 0 Å². The molecule has 1 aromatic heterocycles. The number of amides is 2. The van der Waals surface area contributed by atoms with Crippen molar-refractivity contribution in [3.8, 4) is 5.69 Å². The summed E-state index contributed by atoms with van der Waals surface area (Å²) in [5, 5.41) is 2.57. The molecule has 0 saturated carbocycles. The Balaban J connectivity index is 1.62. The van der Waals surface area contributed by atoms with E-state index in [1.54, 1.807) is 45.6 Å². The van der Waals surface area contributed by atoms with Crippen LogP contribution >= 0.6 is 11.8 Å². The average Bonchev–Trinajstić information content (AvgIpc) is 3.32. The van der Waals surface area contributed by atoms with Crippen molar-refractivity contribution in [3.63, 3.8) is 0 Å². The van der Waals surface area contributed by atoms with Crippen LogP contribution in [0.25, 0.3) is 5.69 Å². The molecule has 1 saturated heterocycles. The van der Waals surface area contributed by atoms with Gasteiger partial charge in [-0.3, -0.25) is 28.8 Å². The van der Waals surface area contributed by atoms with E-state index in [-0.39, 0.29) is 41.3 Å². The molecule has 2 amide bonds. The molecular formula is C29H33N5O4S. The topological polar surface area (TPSA) is 106 Å². The third kappa shape index (κ3) is 5.90. The first-order valence-electron chi connectivity index (χ1n) is 13.0. The number of carbonyl (C=O) groups is 3. The first-order valence-corrected chi connectivity index (χ1v) is 13.8. The van der Waals surface area contributed by atoms with Gasteiger partial charge in [0, 0.05) is 30.8 Å². The van der Waals surface area contributed by atoms with Crippen molar-refractivity contribution in [2.24, 2.45) is 12.0 Å². The lowest BCUT2D eigenvalue weighted by molar-refractivity contribution is -0.129. The SMILES string of the molecule is CCC[C@H](C)N1C(=O)[C@@H](CC(=O)Nc2ccc(C(C)=O)cc2)SC1=Nc1c(C)n(C)n(-c2ccccc2)c1=O. The molecular weight excluding hydrogens is 514 g/mol. The smallest absolute Gasteiger partial charge is 0.297 e. The first-order chi connectivity index (χ1) is 18.6. The Kier molecular flexibility index (Phi) is 8.54. The molecule has 10 heteroatoms. The van der Waals surface area contributed by atoms with Crippen molar-refractivity contribution in [3.05, 3.63) is 76.2 Å². The number of anilines is 1. The molecule has 1 N–H and O–H groups in total. The highest BCUT2D eigenvalue weighted by Crippen LogP contribution is 2.34. The number of hydrogen-bond donors (Lipinski definition) is 1. The zero-order valence-corrected chi connectivity index (χ0v) is 23.6. The molecule has 39 heavy (non-hydrogen) atoms. The van der Waals surface area contributed by atoms with E-state index in [9.17, 15) is 19.2 Å². The number of Topliss-reactive ketones (excluding diaryl/α,β-unsaturated/α-hetero) is 1. The van der Waals surface area contributed by atoms with Crippen molar-refractivity contribution in [2.75, 3.05) is 5.32 Å². The van der Waals surface area contributed by atoms with Crippen molar-refractivity contribution in [1.82, 2.24) is 14.3 Å². The molecule has 2 heterocycles. The van der Waals surface area contributed by atoms with Gasteiger partial charge >= 0.3 is 0 Å². The van der Waals surface area contributed by atoms with E-state index in [4.69, 9.17) is 4.99 Å². The number of benzene rings is 2. The van der Waals surface area contributed by atoms with E-state index in [0.717, 1.165) is 18.5 Å². The van der Waals surface area contributed by atoms with E-state index >= 15 is 0 Å². The number of rotatable bonds is 9. The number of para-hydroxylation sites is 1. The highest BCUT2D eigenvalue weighted by atomic mass is 32.2. The molecule has 2 aromatic carbocycles. The van der Waals surface area contributed by atoms with E-state index in [2.05, 4.69) is 5.32 Å². The summed E-state index contributed by atoms with van der Waals surface area (Å²) >= 11 is 1.21. The second-order valence-corrected chi connectivity index (χ2v) is 10.8. The number of carbonyl (C=O) groups excluding carboxylic acids is 3. The third-order valence-electron chi connectivity index (χ3n) is 6.79. The van der Waals surface area contributed by atoms with Crippen LogP contribution in [0.5, 0.6) is 0 Å². The van der Waals surface area contributed by atoms with E-state index in [0.29, 0.717) is 22.1 Å². The molecule has 204 valence electrons. The lowest BCUT2D eigenvalue weighted by atomic mass is 10.1.